The molecule has 0 radical (unpaired) electrons. The highest BCUT2D eigenvalue weighted by atomic mass is 79.9. The molecule has 1 heterocycles. The Morgan fingerprint density at radius 1 is 1.50 bits per heavy atom. The molecule has 4 heteroatoms. The zero-order valence-electron chi connectivity index (χ0n) is 9.75. The minimum absolute atomic E-state index is 0.267. The Morgan fingerprint density at radius 2 is 2.12 bits per heavy atom. The van der Waals surface area contributed by atoms with E-state index < -0.39 is 0 Å². The molecule has 16 heavy (non-hydrogen) atoms. The summed E-state index contributed by atoms with van der Waals surface area (Å²) in [5.74, 6) is 0.267. The Labute approximate surface area is 109 Å². The van der Waals surface area contributed by atoms with Crippen LogP contribution in [-0.2, 0) is 11.2 Å². The predicted molar refractivity (Wildman–Crippen MR) is 72.8 cm³/mol. The third kappa shape index (κ3) is 2.73. The lowest BCUT2D eigenvalue weighted by atomic mass is 9.77. The van der Waals surface area contributed by atoms with Crippen molar-refractivity contribution in [2.24, 2.45) is 11.1 Å². The summed E-state index contributed by atoms with van der Waals surface area (Å²) in [5.41, 5.74) is 5.44. The van der Waals surface area contributed by atoms with Gasteiger partial charge in [0.15, 0.2) is 0 Å². The molecule has 0 aliphatic rings. The first-order valence-electron chi connectivity index (χ1n) is 5.55. The van der Waals surface area contributed by atoms with Crippen LogP contribution in [0.1, 0.15) is 31.6 Å². The summed E-state index contributed by atoms with van der Waals surface area (Å²) in [6.45, 7) is 4.53. The van der Waals surface area contributed by atoms with E-state index in [4.69, 9.17) is 5.73 Å². The molecule has 0 amide bonds. The first kappa shape index (κ1) is 13.9. The summed E-state index contributed by atoms with van der Waals surface area (Å²) in [5, 5.41) is 1.99. The van der Waals surface area contributed by atoms with E-state index in [0.717, 1.165) is 22.2 Å². The van der Waals surface area contributed by atoms with Gasteiger partial charge in [-0.05, 0) is 40.2 Å². The van der Waals surface area contributed by atoms with E-state index in [1.165, 1.54) is 0 Å². The molecule has 0 saturated heterocycles. The molecule has 1 rings (SSSR count). The van der Waals surface area contributed by atoms with Crippen molar-refractivity contribution in [3.05, 3.63) is 20.8 Å². The molecule has 0 unspecified atom stereocenters. The van der Waals surface area contributed by atoms with Gasteiger partial charge in [-0.15, -0.1) is 11.3 Å². The number of carbonyl (C=O) groups is 1. The first-order chi connectivity index (χ1) is 7.59. The zero-order chi connectivity index (χ0) is 12.2. The van der Waals surface area contributed by atoms with Crippen molar-refractivity contribution in [2.45, 2.75) is 33.1 Å². The SMILES string of the molecule is CCC(CC)(CN)C(=O)Cc1sccc1Br. The Hall–Kier alpha value is -0.190. The number of ketones is 1. The minimum atomic E-state index is -0.330. The largest absolute Gasteiger partial charge is 0.329 e. The van der Waals surface area contributed by atoms with Gasteiger partial charge in [-0.2, -0.15) is 0 Å². The topological polar surface area (TPSA) is 43.1 Å². The fraction of sp³-hybridized carbons (Fsp3) is 0.583. The van der Waals surface area contributed by atoms with Crippen LogP contribution in [0.2, 0.25) is 0 Å². The van der Waals surface area contributed by atoms with Crippen LogP contribution in [-0.4, -0.2) is 12.3 Å². The van der Waals surface area contributed by atoms with Crippen molar-refractivity contribution in [1.82, 2.24) is 0 Å². The number of Topliss-reactive ketones (excluding diaryl/α,β-unsaturated/α-hetero) is 1. The normalized spacial score (nSPS) is 11.8. The monoisotopic (exact) mass is 303 g/mol. The number of thiophene rings is 1. The van der Waals surface area contributed by atoms with Gasteiger partial charge >= 0.3 is 0 Å². The average molecular weight is 304 g/mol. The Bertz CT molecular complexity index is 349. The lowest BCUT2D eigenvalue weighted by Gasteiger charge is -2.28. The van der Waals surface area contributed by atoms with Crippen LogP contribution in [0.15, 0.2) is 15.9 Å². The predicted octanol–water partition coefficient (Wildman–Crippen LogP) is 3.39. The quantitative estimate of drug-likeness (QED) is 0.875. The van der Waals surface area contributed by atoms with E-state index in [-0.39, 0.29) is 11.2 Å². The van der Waals surface area contributed by atoms with Crippen molar-refractivity contribution in [1.29, 1.82) is 0 Å². The van der Waals surface area contributed by atoms with Crippen molar-refractivity contribution in [2.75, 3.05) is 6.54 Å². The van der Waals surface area contributed by atoms with Crippen molar-refractivity contribution in [3.63, 3.8) is 0 Å². The second-order valence-electron chi connectivity index (χ2n) is 3.98. The van der Waals surface area contributed by atoms with Crippen LogP contribution >= 0.6 is 27.3 Å². The number of hydrogen-bond acceptors (Lipinski definition) is 3. The van der Waals surface area contributed by atoms with Gasteiger partial charge in [0, 0.05) is 27.7 Å². The third-order valence-electron chi connectivity index (χ3n) is 3.35. The number of nitrogens with two attached hydrogens (primary N) is 1. The van der Waals surface area contributed by atoms with Gasteiger partial charge < -0.3 is 5.73 Å². The van der Waals surface area contributed by atoms with E-state index in [0.29, 0.717) is 13.0 Å². The molecule has 2 N–H and O–H groups in total. The highest BCUT2D eigenvalue weighted by molar-refractivity contribution is 9.10. The highest BCUT2D eigenvalue weighted by Crippen LogP contribution is 2.31. The second kappa shape index (κ2) is 5.94. The molecular weight excluding hydrogens is 286 g/mol. The molecule has 0 spiro atoms. The molecule has 0 atom stereocenters. The lowest BCUT2D eigenvalue weighted by molar-refractivity contribution is -0.128. The highest BCUT2D eigenvalue weighted by Gasteiger charge is 2.33. The minimum Gasteiger partial charge on any atom is -0.329 e. The van der Waals surface area contributed by atoms with E-state index in [1.54, 1.807) is 11.3 Å². The van der Waals surface area contributed by atoms with E-state index in [2.05, 4.69) is 15.9 Å². The van der Waals surface area contributed by atoms with Crippen molar-refractivity contribution >= 4 is 33.0 Å². The maximum Gasteiger partial charge on any atom is 0.145 e. The summed E-state index contributed by atoms with van der Waals surface area (Å²) in [6.07, 6.45) is 2.14. The molecular formula is C12H18BrNOS. The molecule has 1 aromatic heterocycles. The maximum absolute atomic E-state index is 12.3. The van der Waals surface area contributed by atoms with Crippen LogP contribution in [0.4, 0.5) is 0 Å². The van der Waals surface area contributed by atoms with Gasteiger partial charge in [0.1, 0.15) is 5.78 Å². The molecule has 2 nitrogen and oxygen atoms in total. The van der Waals surface area contributed by atoms with E-state index in [9.17, 15) is 4.79 Å². The third-order valence-corrected chi connectivity index (χ3v) is 5.27. The van der Waals surface area contributed by atoms with Gasteiger partial charge in [-0.1, -0.05) is 13.8 Å². The summed E-state index contributed by atoms with van der Waals surface area (Å²) >= 11 is 5.07. The second-order valence-corrected chi connectivity index (χ2v) is 5.84. The zero-order valence-corrected chi connectivity index (χ0v) is 12.2. The van der Waals surface area contributed by atoms with Crippen LogP contribution in [0.25, 0.3) is 0 Å². The first-order valence-corrected chi connectivity index (χ1v) is 7.22. The molecule has 0 aliphatic heterocycles. The number of carbonyl (C=O) groups excluding carboxylic acids is 1. The van der Waals surface area contributed by atoms with Crippen molar-refractivity contribution in [3.8, 4) is 0 Å². The molecule has 0 saturated carbocycles. The van der Waals surface area contributed by atoms with Crippen molar-refractivity contribution < 1.29 is 4.79 Å². The van der Waals surface area contributed by atoms with Gasteiger partial charge in [0.2, 0.25) is 0 Å². The summed E-state index contributed by atoms with van der Waals surface area (Å²) < 4.78 is 1.03. The molecule has 0 bridgehead atoms. The standard InChI is InChI=1S/C12H18BrNOS/c1-3-12(4-2,8-14)11(15)7-10-9(13)5-6-16-10/h5-6H,3-4,7-8,14H2,1-2H3. The summed E-state index contributed by atoms with van der Waals surface area (Å²) in [6, 6.07) is 1.98. The number of hydrogen-bond donors (Lipinski definition) is 1. The fourth-order valence-corrected chi connectivity index (χ4v) is 3.32. The molecule has 1 aromatic rings. The molecule has 0 aromatic carbocycles. The Morgan fingerprint density at radius 3 is 2.50 bits per heavy atom. The Balaban J connectivity index is 2.81. The summed E-state index contributed by atoms with van der Waals surface area (Å²) in [4.78, 5) is 13.4. The number of rotatable bonds is 6. The van der Waals surface area contributed by atoms with Crippen LogP contribution in [0.3, 0.4) is 0 Å². The molecule has 0 fully saturated rings. The smallest absolute Gasteiger partial charge is 0.145 e. The lowest BCUT2D eigenvalue weighted by Crippen LogP contribution is -2.38. The van der Waals surface area contributed by atoms with Gasteiger partial charge in [-0.3, -0.25) is 4.79 Å². The molecule has 0 aliphatic carbocycles. The van der Waals surface area contributed by atoms with Crippen LogP contribution in [0.5, 0.6) is 0 Å². The molecule has 90 valence electrons. The van der Waals surface area contributed by atoms with E-state index >= 15 is 0 Å². The van der Waals surface area contributed by atoms with Gasteiger partial charge in [-0.25, -0.2) is 0 Å². The van der Waals surface area contributed by atoms with Gasteiger partial charge in [0.25, 0.3) is 0 Å². The van der Waals surface area contributed by atoms with E-state index in [1.807, 2.05) is 25.3 Å². The summed E-state index contributed by atoms with van der Waals surface area (Å²) in [7, 11) is 0. The van der Waals surface area contributed by atoms with Crippen LogP contribution < -0.4 is 5.73 Å². The fourth-order valence-electron chi connectivity index (χ4n) is 1.83. The Kier molecular flexibility index (Phi) is 5.15. The van der Waals surface area contributed by atoms with Crippen LogP contribution in [0, 0.1) is 5.41 Å². The average Bonchev–Trinajstić information content (AvgIpc) is 2.68. The maximum atomic E-state index is 12.3. The number of halogens is 1. The van der Waals surface area contributed by atoms with Gasteiger partial charge in [0.05, 0.1) is 0 Å².